The lowest BCUT2D eigenvalue weighted by atomic mass is 10.0. The number of hydrogen-bond donors (Lipinski definition) is 0. The van der Waals surface area contributed by atoms with Crippen LogP contribution in [0, 0.1) is 0 Å². The van der Waals surface area contributed by atoms with E-state index >= 15 is 0 Å². The topological polar surface area (TPSA) is 36.0 Å². The first-order chi connectivity index (χ1) is 11.7. The van der Waals surface area contributed by atoms with E-state index in [-0.39, 0.29) is 6.03 Å². The summed E-state index contributed by atoms with van der Waals surface area (Å²) in [7, 11) is 1.70. The molecule has 0 atom stereocenters. The summed E-state index contributed by atoms with van der Waals surface area (Å²) in [5.41, 5.74) is 1.35. The number of methoxy groups -OCH3 is 1. The first kappa shape index (κ1) is 17.1. The first-order valence-electron chi connectivity index (χ1n) is 9.12. The lowest BCUT2D eigenvalue weighted by Crippen LogP contribution is -2.46. The van der Waals surface area contributed by atoms with Crippen molar-refractivity contribution in [3.8, 4) is 5.75 Å². The van der Waals surface area contributed by atoms with Crippen LogP contribution in [0.5, 0.6) is 5.75 Å². The number of piperidine rings is 1. The van der Waals surface area contributed by atoms with Gasteiger partial charge in [-0.3, -0.25) is 0 Å². The molecule has 0 bridgehead atoms. The lowest BCUT2D eigenvalue weighted by molar-refractivity contribution is 0.131. The molecule has 2 aliphatic rings. The zero-order valence-electron chi connectivity index (χ0n) is 14.9. The zero-order valence-corrected chi connectivity index (χ0v) is 14.9. The molecule has 2 aliphatic heterocycles. The quantitative estimate of drug-likeness (QED) is 0.803. The van der Waals surface area contributed by atoms with E-state index in [4.69, 9.17) is 4.74 Å². The Morgan fingerprint density at radius 2 is 1.79 bits per heavy atom. The van der Waals surface area contributed by atoms with Gasteiger partial charge in [-0.25, -0.2) is 4.79 Å². The van der Waals surface area contributed by atoms with Gasteiger partial charge in [0.15, 0.2) is 0 Å². The number of amides is 2. The molecule has 0 spiro atoms. The third-order valence-corrected chi connectivity index (χ3v) is 5.38. The van der Waals surface area contributed by atoms with Crippen LogP contribution in [0.15, 0.2) is 24.3 Å². The average Bonchev–Trinajstić information content (AvgIpc) is 3.01. The van der Waals surface area contributed by atoms with E-state index in [0.29, 0.717) is 6.04 Å². The second-order valence-electron chi connectivity index (χ2n) is 6.73. The van der Waals surface area contributed by atoms with Crippen LogP contribution in [0.3, 0.4) is 0 Å². The van der Waals surface area contributed by atoms with Crippen molar-refractivity contribution in [3.05, 3.63) is 29.8 Å². The predicted molar refractivity (Wildman–Crippen MR) is 95.5 cm³/mol. The summed E-state index contributed by atoms with van der Waals surface area (Å²) in [6.45, 7) is 7.97. The summed E-state index contributed by atoms with van der Waals surface area (Å²) >= 11 is 0. The number of carbonyl (C=O) groups is 1. The SMILES string of the molecule is CCN1CCN(C2CCN(CCc3ccc(OC)cc3)CC2)C1=O. The Kier molecular flexibility index (Phi) is 5.61. The van der Waals surface area contributed by atoms with E-state index in [1.807, 2.05) is 17.0 Å². The van der Waals surface area contributed by atoms with E-state index < -0.39 is 0 Å². The number of likely N-dealkylation sites (N-methyl/N-ethyl adjacent to an activating group) is 1. The normalized spacial score (nSPS) is 20.0. The molecular weight excluding hydrogens is 302 g/mol. The van der Waals surface area contributed by atoms with Gasteiger partial charge in [0.25, 0.3) is 0 Å². The number of nitrogens with zero attached hydrogens (tertiary/aromatic N) is 3. The van der Waals surface area contributed by atoms with Gasteiger partial charge < -0.3 is 19.4 Å². The zero-order chi connectivity index (χ0) is 16.9. The molecule has 1 aromatic carbocycles. The van der Waals surface area contributed by atoms with Crippen LogP contribution in [-0.4, -0.2) is 73.2 Å². The van der Waals surface area contributed by atoms with E-state index in [2.05, 4.69) is 28.9 Å². The number of rotatable bonds is 6. The lowest BCUT2D eigenvalue weighted by Gasteiger charge is -2.36. The molecule has 2 saturated heterocycles. The molecule has 5 heteroatoms. The fourth-order valence-electron chi connectivity index (χ4n) is 3.77. The molecule has 24 heavy (non-hydrogen) atoms. The Morgan fingerprint density at radius 3 is 2.38 bits per heavy atom. The van der Waals surface area contributed by atoms with Gasteiger partial charge in [-0.1, -0.05) is 12.1 Å². The third-order valence-electron chi connectivity index (χ3n) is 5.38. The van der Waals surface area contributed by atoms with Crippen LogP contribution in [0.2, 0.25) is 0 Å². The highest BCUT2D eigenvalue weighted by Gasteiger charge is 2.34. The maximum absolute atomic E-state index is 12.3. The monoisotopic (exact) mass is 331 g/mol. The maximum Gasteiger partial charge on any atom is 0.320 e. The molecule has 0 unspecified atom stereocenters. The van der Waals surface area contributed by atoms with Crippen molar-refractivity contribution in [2.24, 2.45) is 0 Å². The predicted octanol–water partition coefficient (Wildman–Crippen LogP) is 2.46. The molecule has 0 saturated carbocycles. The van der Waals surface area contributed by atoms with Crippen molar-refractivity contribution in [3.63, 3.8) is 0 Å². The Morgan fingerprint density at radius 1 is 1.08 bits per heavy atom. The van der Waals surface area contributed by atoms with Gasteiger partial charge in [0.05, 0.1) is 7.11 Å². The number of likely N-dealkylation sites (tertiary alicyclic amines) is 1. The summed E-state index contributed by atoms with van der Waals surface area (Å²) in [6, 6.07) is 9.03. The van der Waals surface area contributed by atoms with E-state index in [0.717, 1.165) is 64.3 Å². The molecule has 1 aromatic rings. The van der Waals surface area contributed by atoms with Crippen molar-refractivity contribution in [2.75, 3.05) is 46.4 Å². The Balaban J connectivity index is 1.43. The fourth-order valence-corrected chi connectivity index (χ4v) is 3.77. The molecule has 0 aromatic heterocycles. The maximum atomic E-state index is 12.3. The summed E-state index contributed by atoms with van der Waals surface area (Å²) in [6.07, 6.45) is 3.28. The van der Waals surface area contributed by atoms with Crippen molar-refractivity contribution >= 4 is 6.03 Å². The molecule has 5 nitrogen and oxygen atoms in total. The van der Waals surface area contributed by atoms with E-state index in [1.165, 1.54) is 5.56 Å². The van der Waals surface area contributed by atoms with Crippen molar-refractivity contribution < 1.29 is 9.53 Å². The minimum absolute atomic E-state index is 0.245. The number of urea groups is 1. The van der Waals surface area contributed by atoms with Crippen molar-refractivity contribution in [2.45, 2.75) is 32.2 Å². The highest BCUT2D eigenvalue weighted by atomic mass is 16.5. The van der Waals surface area contributed by atoms with Crippen LogP contribution in [0.4, 0.5) is 4.79 Å². The van der Waals surface area contributed by atoms with Gasteiger partial charge in [-0.2, -0.15) is 0 Å². The van der Waals surface area contributed by atoms with Crippen LogP contribution in [-0.2, 0) is 6.42 Å². The van der Waals surface area contributed by atoms with Gasteiger partial charge >= 0.3 is 6.03 Å². The smallest absolute Gasteiger partial charge is 0.320 e. The second kappa shape index (κ2) is 7.88. The summed E-state index contributed by atoms with van der Waals surface area (Å²) < 4.78 is 5.20. The number of hydrogen-bond acceptors (Lipinski definition) is 3. The van der Waals surface area contributed by atoms with Gasteiger partial charge in [0, 0.05) is 45.3 Å². The summed E-state index contributed by atoms with van der Waals surface area (Å²) in [5, 5.41) is 0. The molecule has 2 amide bonds. The molecule has 2 heterocycles. The molecule has 3 rings (SSSR count). The van der Waals surface area contributed by atoms with Gasteiger partial charge in [-0.15, -0.1) is 0 Å². The first-order valence-corrected chi connectivity index (χ1v) is 9.12. The molecule has 0 aliphatic carbocycles. The van der Waals surface area contributed by atoms with Gasteiger partial charge in [-0.05, 0) is 43.9 Å². The standard InChI is InChI=1S/C19H29N3O2/c1-3-21-14-15-22(19(21)23)17-9-12-20(13-10-17)11-8-16-4-6-18(24-2)7-5-16/h4-7,17H,3,8-15H2,1-2H3. The number of benzene rings is 1. The molecule has 2 fully saturated rings. The summed E-state index contributed by atoms with van der Waals surface area (Å²) in [4.78, 5) is 18.9. The van der Waals surface area contributed by atoms with Crippen LogP contribution in [0.1, 0.15) is 25.3 Å². The van der Waals surface area contributed by atoms with Crippen LogP contribution in [0.25, 0.3) is 0 Å². The third kappa shape index (κ3) is 3.83. The molecule has 0 radical (unpaired) electrons. The van der Waals surface area contributed by atoms with Crippen molar-refractivity contribution in [1.29, 1.82) is 0 Å². The van der Waals surface area contributed by atoms with E-state index in [9.17, 15) is 4.79 Å². The Labute approximate surface area is 145 Å². The number of carbonyl (C=O) groups excluding carboxylic acids is 1. The molecule has 132 valence electrons. The molecule has 0 N–H and O–H groups in total. The minimum atomic E-state index is 0.245. The highest BCUT2D eigenvalue weighted by Crippen LogP contribution is 2.21. The highest BCUT2D eigenvalue weighted by molar-refractivity contribution is 5.76. The fraction of sp³-hybridized carbons (Fsp3) is 0.632. The van der Waals surface area contributed by atoms with Gasteiger partial charge in [0.1, 0.15) is 5.75 Å². The van der Waals surface area contributed by atoms with Crippen molar-refractivity contribution in [1.82, 2.24) is 14.7 Å². The van der Waals surface area contributed by atoms with Crippen LogP contribution >= 0.6 is 0 Å². The Hall–Kier alpha value is -1.75. The minimum Gasteiger partial charge on any atom is -0.497 e. The average molecular weight is 331 g/mol. The van der Waals surface area contributed by atoms with Gasteiger partial charge in [0.2, 0.25) is 0 Å². The number of ether oxygens (including phenoxy) is 1. The second-order valence-corrected chi connectivity index (χ2v) is 6.73. The Bertz CT molecular complexity index is 538. The molecular formula is C19H29N3O2. The van der Waals surface area contributed by atoms with E-state index in [1.54, 1.807) is 7.11 Å². The summed E-state index contributed by atoms with van der Waals surface area (Å²) in [5.74, 6) is 0.913. The largest absolute Gasteiger partial charge is 0.497 e. The van der Waals surface area contributed by atoms with Crippen LogP contribution < -0.4 is 4.74 Å².